The number of thiazole rings is 1. The third-order valence-corrected chi connectivity index (χ3v) is 6.19. The van der Waals surface area contributed by atoms with Gasteiger partial charge in [-0.1, -0.05) is 17.7 Å². The Hall–Kier alpha value is -0.720. The fraction of sp³-hybridized carbons (Fsp3) is 0.214. The number of halogens is 1. The molecule has 1 atom stereocenters. The standard InChI is InChI=1S/C14H13ClN2S3/c1-9-12(19-8-17-9)7-16-14(10-3-2-6-18-10)11-4-5-13(15)20-11/h2-6,8,14,16H,7H2,1H3. The maximum atomic E-state index is 6.08. The van der Waals surface area contributed by atoms with Gasteiger partial charge in [0, 0.05) is 21.2 Å². The van der Waals surface area contributed by atoms with Gasteiger partial charge in [-0.25, -0.2) is 4.98 Å². The SMILES string of the molecule is Cc1ncsc1CNC(c1cccs1)c1ccc(Cl)s1. The summed E-state index contributed by atoms with van der Waals surface area (Å²) >= 11 is 11.2. The minimum absolute atomic E-state index is 0.203. The number of thiophene rings is 2. The Morgan fingerprint density at radius 1 is 1.25 bits per heavy atom. The van der Waals surface area contributed by atoms with Crippen molar-refractivity contribution < 1.29 is 0 Å². The minimum Gasteiger partial charge on any atom is -0.300 e. The topological polar surface area (TPSA) is 24.9 Å². The fourth-order valence-corrected chi connectivity index (χ4v) is 4.75. The molecule has 0 aliphatic carbocycles. The van der Waals surface area contributed by atoms with Gasteiger partial charge < -0.3 is 0 Å². The number of aromatic nitrogens is 1. The van der Waals surface area contributed by atoms with Gasteiger partial charge in [0.2, 0.25) is 0 Å². The van der Waals surface area contributed by atoms with E-state index in [0.29, 0.717) is 0 Å². The van der Waals surface area contributed by atoms with Crippen LogP contribution >= 0.6 is 45.6 Å². The summed E-state index contributed by atoms with van der Waals surface area (Å²) in [5, 5.41) is 5.74. The molecule has 6 heteroatoms. The molecule has 0 bridgehead atoms. The normalized spacial score (nSPS) is 12.7. The first-order valence-corrected chi connectivity index (χ1v) is 9.10. The molecule has 1 unspecified atom stereocenters. The zero-order valence-electron chi connectivity index (χ0n) is 10.8. The van der Waals surface area contributed by atoms with E-state index < -0.39 is 0 Å². The first kappa shape index (κ1) is 14.2. The Morgan fingerprint density at radius 2 is 2.15 bits per heavy atom. The molecule has 20 heavy (non-hydrogen) atoms. The van der Waals surface area contributed by atoms with Gasteiger partial charge in [-0.05, 0) is 30.5 Å². The number of aryl methyl sites for hydroxylation is 1. The fourth-order valence-electron chi connectivity index (χ4n) is 1.97. The van der Waals surface area contributed by atoms with Crippen molar-refractivity contribution in [1.82, 2.24) is 10.3 Å². The third kappa shape index (κ3) is 3.13. The second-order valence-corrected chi connectivity index (χ2v) is 8.00. The molecule has 3 rings (SSSR count). The molecule has 3 aromatic rings. The van der Waals surface area contributed by atoms with Crippen molar-refractivity contribution in [3.05, 3.63) is 59.8 Å². The van der Waals surface area contributed by atoms with Crippen LogP contribution in [-0.2, 0) is 6.54 Å². The number of rotatable bonds is 5. The van der Waals surface area contributed by atoms with E-state index in [4.69, 9.17) is 11.6 Å². The highest BCUT2D eigenvalue weighted by Crippen LogP contribution is 2.33. The van der Waals surface area contributed by atoms with Crippen molar-refractivity contribution >= 4 is 45.6 Å². The smallest absolute Gasteiger partial charge is 0.0931 e. The predicted molar refractivity (Wildman–Crippen MR) is 89.2 cm³/mol. The van der Waals surface area contributed by atoms with E-state index in [1.807, 2.05) is 11.6 Å². The number of hydrogen-bond acceptors (Lipinski definition) is 5. The lowest BCUT2D eigenvalue weighted by atomic mass is 10.2. The summed E-state index contributed by atoms with van der Waals surface area (Å²) in [6.07, 6.45) is 0. The Balaban J connectivity index is 1.81. The summed E-state index contributed by atoms with van der Waals surface area (Å²) in [5.41, 5.74) is 3.01. The van der Waals surface area contributed by atoms with Crippen LogP contribution < -0.4 is 5.32 Å². The molecule has 0 aliphatic rings. The Labute approximate surface area is 135 Å². The van der Waals surface area contributed by atoms with E-state index in [1.54, 1.807) is 34.0 Å². The van der Waals surface area contributed by atoms with E-state index in [0.717, 1.165) is 16.6 Å². The largest absolute Gasteiger partial charge is 0.300 e. The Morgan fingerprint density at radius 3 is 2.75 bits per heavy atom. The van der Waals surface area contributed by atoms with Crippen molar-refractivity contribution in [2.45, 2.75) is 19.5 Å². The van der Waals surface area contributed by atoms with Gasteiger partial charge in [0.25, 0.3) is 0 Å². The lowest BCUT2D eigenvalue weighted by molar-refractivity contribution is 0.624. The van der Waals surface area contributed by atoms with Gasteiger partial charge in [-0.15, -0.1) is 34.0 Å². The van der Waals surface area contributed by atoms with Crippen LogP contribution in [0.4, 0.5) is 0 Å². The molecule has 2 nitrogen and oxygen atoms in total. The first-order chi connectivity index (χ1) is 9.74. The third-order valence-electron chi connectivity index (χ3n) is 3.02. The van der Waals surface area contributed by atoms with Gasteiger partial charge in [-0.2, -0.15) is 0 Å². The molecule has 0 amide bonds. The van der Waals surface area contributed by atoms with Crippen LogP contribution in [0.15, 0.2) is 35.2 Å². The molecule has 0 radical (unpaired) electrons. The quantitative estimate of drug-likeness (QED) is 0.698. The molecular weight excluding hydrogens is 328 g/mol. The lowest BCUT2D eigenvalue weighted by Crippen LogP contribution is -2.20. The van der Waals surface area contributed by atoms with Gasteiger partial charge >= 0.3 is 0 Å². The van der Waals surface area contributed by atoms with Crippen molar-refractivity contribution in [2.75, 3.05) is 0 Å². The molecule has 104 valence electrons. The lowest BCUT2D eigenvalue weighted by Gasteiger charge is -2.15. The van der Waals surface area contributed by atoms with Crippen molar-refractivity contribution in [1.29, 1.82) is 0 Å². The number of nitrogens with zero attached hydrogens (tertiary/aromatic N) is 1. The van der Waals surface area contributed by atoms with E-state index in [2.05, 4.69) is 40.8 Å². The summed E-state index contributed by atoms with van der Waals surface area (Å²) in [6, 6.07) is 8.51. The highest BCUT2D eigenvalue weighted by Gasteiger charge is 2.17. The molecule has 0 aromatic carbocycles. The average molecular weight is 341 g/mol. The highest BCUT2D eigenvalue weighted by molar-refractivity contribution is 7.16. The molecule has 0 aliphatic heterocycles. The van der Waals surface area contributed by atoms with E-state index in [-0.39, 0.29) is 6.04 Å². The monoisotopic (exact) mass is 340 g/mol. The molecule has 0 saturated carbocycles. The van der Waals surface area contributed by atoms with Crippen molar-refractivity contribution in [2.24, 2.45) is 0 Å². The molecule has 3 aromatic heterocycles. The second-order valence-electron chi connectivity index (χ2n) is 4.33. The van der Waals surface area contributed by atoms with Crippen molar-refractivity contribution in [3.8, 4) is 0 Å². The summed E-state index contributed by atoms with van der Waals surface area (Å²) < 4.78 is 0.831. The second kappa shape index (κ2) is 6.37. The van der Waals surface area contributed by atoms with Crippen LogP contribution in [0.2, 0.25) is 4.34 Å². The summed E-state index contributed by atoms with van der Waals surface area (Å²) in [5.74, 6) is 0. The van der Waals surface area contributed by atoms with Crippen LogP contribution in [0.25, 0.3) is 0 Å². The number of hydrogen-bond donors (Lipinski definition) is 1. The molecule has 1 N–H and O–H groups in total. The molecule has 0 saturated heterocycles. The maximum Gasteiger partial charge on any atom is 0.0931 e. The van der Waals surface area contributed by atoms with E-state index in [9.17, 15) is 0 Å². The van der Waals surface area contributed by atoms with Crippen molar-refractivity contribution in [3.63, 3.8) is 0 Å². The zero-order chi connectivity index (χ0) is 13.9. The van der Waals surface area contributed by atoms with Gasteiger partial charge in [-0.3, -0.25) is 5.32 Å². The van der Waals surface area contributed by atoms with Gasteiger partial charge in [0.15, 0.2) is 0 Å². The highest BCUT2D eigenvalue weighted by atomic mass is 35.5. The number of nitrogens with one attached hydrogen (secondary N) is 1. The molecular formula is C14H13ClN2S3. The molecule has 0 spiro atoms. The summed E-state index contributed by atoms with van der Waals surface area (Å²) in [7, 11) is 0. The Bertz CT molecular complexity index is 672. The Kier molecular flexibility index (Phi) is 4.53. The van der Waals surface area contributed by atoms with Crippen LogP contribution in [0, 0.1) is 6.92 Å². The van der Waals surface area contributed by atoms with Crippen LogP contribution in [-0.4, -0.2) is 4.98 Å². The van der Waals surface area contributed by atoms with E-state index >= 15 is 0 Å². The van der Waals surface area contributed by atoms with Gasteiger partial charge in [0.05, 0.1) is 21.6 Å². The van der Waals surface area contributed by atoms with Crippen LogP contribution in [0.3, 0.4) is 0 Å². The summed E-state index contributed by atoms with van der Waals surface area (Å²) in [6.45, 7) is 2.88. The maximum absolute atomic E-state index is 6.08. The predicted octanol–water partition coefficient (Wildman–Crippen LogP) is 5.11. The molecule has 0 fully saturated rings. The molecule has 3 heterocycles. The van der Waals surface area contributed by atoms with Gasteiger partial charge in [0.1, 0.15) is 0 Å². The first-order valence-electron chi connectivity index (χ1n) is 6.15. The van der Waals surface area contributed by atoms with Crippen LogP contribution in [0.5, 0.6) is 0 Å². The minimum atomic E-state index is 0.203. The van der Waals surface area contributed by atoms with Crippen LogP contribution in [0.1, 0.15) is 26.4 Å². The van der Waals surface area contributed by atoms with E-state index in [1.165, 1.54) is 14.6 Å². The average Bonchev–Trinajstić information content (AvgIpc) is 3.14. The summed E-state index contributed by atoms with van der Waals surface area (Å²) in [4.78, 5) is 8.14. The zero-order valence-corrected chi connectivity index (χ0v) is 14.0.